The number of hydrogen-bond donors (Lipinski definition) is 3. The zero-order valence-electron chi connectivity index (χ0n) is 10.4. The second kappa shape index (κ2) is 7.49. The van der Waals surface area contributed by atoms with Gasteiger partial charge in [0.25, 0.3) is 0 Å². The molecule has 0 spiro atoms. The van der Waals surface area contributed by atoms with E-state index in [1.54, 1.807) is 6.20 Å². The molecule has 0 aliphatic rings. The predicted molar refractivity (Wildman–Crippen MR) is 70.2 cm³/mol. The normalized spacial score (nSPS) is 9.76. The fourth-order valence-electron chi connectivity index (χ4n) is 1.33. The molecule has 0 aliphatic heterocycles. The van der Waals surface area contributed by atoms with Gasteiger partial charge in [0.2, 0.25) is 5.91 Å². The summed E-state index contributed by atoms with van der Waals surface area (Å²) in [7, 11) is 0. The standard InChI is InChI=1S/C12H20N4O/c1-3-6-14-11-8-10(5-7-15-11)16-9-12(17)13-4-2/h5,7-8H,3-4,6,9H2,1-2H3,(H,13,17)(H2,14,15,16). The molecule has 5 nitrogen and oxygen atoms in total. The Morgan fingerprint density at radius 3 is 2.88 bits per heavy atom. The second-order valence-electron chi connectivity index (χ2n) is 3.66. The molecule has 0 atom stereocenters. The lowest BCUT2D eigenvalue weighted by atomic mass is 10.3. The van der Waals surface area contributed by atoms with E-state index in [-0.39, 0.29) is 12.5 Å². The Morgan fingerprint density at radius 1 is 1.35 bits per heavy atom. The predicted octanol–water partition coefficient (Wildman–Crippen LogP) is 1.45. The van der Waals surface area contributed by atoms with E-state index in [1.165, 1.54) is 0 Å². The van der Waals surface area contributed by atoms with E-state index in [1.807, 2.05) is 19.1 Å². The van der Waals surface area contributed by atoms with Gasteiger partial charge in [0.1, 0.15) is 5.82 Å². The summed E-state index contributed by atoms with van der Waals surface area (Å²) < 4.78 is 0. The van der Waals surface area contributed by atoms with E-state index in [4.69, 9.17) is 0 Å². The van der Waals surface area contributed by atoms with E-state index in [0.717, 1.165) is 24.5 Å². The number of anilines is 2. The smallest absolute Gasteiger partial charge is 0.239 e. The van der Waals surface area contributed by atoms with Gasteiger partial charge in [-0.05, 0) is 19.4 Å². The van der Waals surface area contributed by atoms with E-state index in [2.05, 4.69) is 27.9 Å². The van der Waals surface area contributed by atoms with Crippen LogP contribution in [0.15, 0.2) is 18.3 Å². The molecule has 0 fully saturated rings. The van der Waals surface area contributed by atoms with Gasteiger partial charge in [0.05, 0.1) is 6.54 Å². The molecule has 0 bridgehead atoms. The lowest BCUT2D eigenvalue weighted by Gasteiger charge is -2.08. The molecule has 0 radical (unpaired) electrons. The number of aromatic nitrogens is 1. The largest absolute Gasteiger partial charge is 0.376 e. The fourth-order valence-corrected chi connectivity index (χ4v) is 1.33. The summed E-state index contributed by atoms with van der Waals surface area (Å²) in [5.41, 5.74) is 0.893. The highest BCUT2D eigenvalue weighted by molar-refractivity contribution is 5.80. The minimum Gasteiger partial charge on any atom is -0.376 e. The van der Waals surface area contributed by atoms with Crippen LogP contribution in [-0.2, 0) is 4.79 Å². The van der Waals surface area contributed by atoms with Gasteiger partial charge >= 0.3 is 0 Å². The van der Waals surface area contributed by atoms with Gasteiger partial charge in [-0.25, -0.2) is 4.98 Å². The van der Waals surface area contributed by atoms with Crippen molar-refractivity contribution in [1.82, 2.24) is 10.3 Å². The van der Waals surface area contributed by atoms with E-state index in [9.17, 15) is 4.79 Å². The molecule has 0 aliphatic carbocycles. The van der Waals surface area contributed by atoms with Gasteiger partial charge in [-0.3, -0.25) is 4.79 Å². The van der Waals surface area contributed by atoms with Crippen LogP contribution >= 0.6 is 0 Å². The molecule has 17 heavy (non-hydrogen) atoms. The maximum Gasteiger partial charge on any atom is 0.239 e. The number of carbonyl (C=O) groups is 1. The van der Waals surface area contributed by atoms with Gasteiger partial charge in [-0.2, -0.15) is 0 Å². The highest BCUT2D eigenvalue weighted by Crippen LogP contribution is 2.11. The molecule has 0 saturated heterocycles. The summed E-state index contributed by atoms with van der Waals surface area (Å²) in [6.45, 7) is 5.83. The van der Waals surface area contributed by atoms with Crippen LogP contribution in [0.2, 0.25) is 0 Å². The van der Waals surface area contributed by atoms with Crippen molar-refractivity contribution in [2.45, 2.75) is 20.3 Å². The molecular weight excluding hydrogens is 216 g/mol. The lowest BCUT2D eigenvalue weighted by Crippen LogP contribution is -2.29. The molecule has 1 heterocycles. The van der Waals surface area contributed by atoms with Crippen LogP contribution < -0.4 is 16.0 Å². The van der Waals surface area contributed by atoms with Crippen LogP contribution in [0.1, 0.15) is 20.3 Å². The third-order valence-corrected chi connectivity index (χ3v) is 2.14. The lowest BCUT2D eigenvalue weighted by molar-refractivity contribution is -0.119. The van der Waals surface area contributed by atoms with Crippen LogP contribution in [0, 0.1) is 0 Å². The number of nitrogens with zero attached hydrogens (tertiary/aromatic N) is 1. The monoisotopic (exact) mass is 236 g/mol. The first-order chi connectivity index (χ1) is 8.26. The highest BCUT2D eigenvalue weighted by atomic mass is 16.1. The molecule has 0 unspecified atom stereocenters. The van der Waals surface area contributed by atoms with Gasteiger partial charge in [0.15, 0.2) is 0 Å². The highest BCUT2D eigenvalue weighted by Gasteiger charge is 2.00. The second-order valence-corrected chi connectivity index (χ2v) is 3.66. The Balaban J connectivity index is 2.45. The van der Waals surface area contributed by atoms with Gasteiger partial charge in [-0.15, -0.1) is 0 Å². The first-order valence-corrected chi connectivity index (χ1v) is 5.96. The quantitative estimate of drug-likeness (QED) is 0.670. The van der Waals surface area contributed by atoms with Crippen molar-refractivity contribution in [3.8, 4) is 0 Å². The van der Waals surface area contributed by atoms with E-state index < -0.39 is 0 Å². The Morgan fingerprint density at radius 2 is 2.18 bits per heavy atom. The number of carbonyl (C=O) groups excluding carboxylic acids is 1. The summed E-state index contributed by atoms with van der Waals surface area (Å²) in [5.74, 6) is 0.820. The van der Waals surface area contributed by atoms with Crippen LogP contribution in [0.3, 0.4) is 0 Å². The maximum absolute atomic E-state index is 11.3. The average molecular weight is 236 g/mol. The summed E-state index contributed by atoms with van der Waals surface area (Å²) in [6.07, 6.45) is 2.77. The molecular formula is C12H20N4O. The molecule has 94 valence electrons. The van der Waals surface area contributed by atoms with E-state index in [0.29, 0.717) is 6.54 Å². The Kier molecular flexibility index (Phi) is 5.85. The SMILES string of the molecule is CCCNc1cc(NCC(=O)NCC)ccn1. The molecule has 5 heteroatoms. The molecule has 0 aromatic carbocycles. The molecule has 1 aromatic rings. The van der Waals surface area contributed by atoms with Crippen molar-refractivity contribution in [3.63, 3.8) is 0 Å². The summed E-state index contributed by atoms with van der Waals surface area (Å²) in [6, 6.07) is 3.74. The van der Waals surface area contributed by atoms with Crippen molar-refractivity contribution in [1.29, 1.82) is 0 Å². The van der Waals surface area contributed by atoms with Gasteiger partial charge in [0, 0.05) is 31.0 Å². The van der Waals surface area contributed by atoms with E-state index >= 15 is 0 Å². The molecule has 1 amide bonds. The minimum absolute atomic E-state index is 0.00706. The third kappa shape index (κ3) is 5.19. The van der Waals surface area contributed by atoms with Crippen LogP contribution in [-0.4, -0.2) is 30.5 Å². The fraction of sp³-hybridized carbons (Fsp3) is 0.500. The number of nitrogens with one attached hydrogen (secondary N) is 3. The number of rotatable bonds is 7. The topological polar surface area (TPSA) is 66.0 Å². The van der Waals surface area contributed by atoms with Crippen molar-refractivity contribution >= 4 is 17.4 Å². The molecule has 1 rings (SSSR count). The van der Waals surface area contributed by atoms with Gasteiger partial charge < -0.3 is 16.0 Å². The average Bonchev–Trinajstić information content (AvgIpc) is 2.35. The Bertz CT molecular complexity index is 354. The summed E-state index contributed by atoms with van der Waals surface area (Å²) in [4.78, 5) is 15.5. The first-order valence-electron chi connectivity index (χ1n) is 5.96. The number of likely N-dealkylation sites (N-methyl/N-ethyl adjacent to an activating group) is 1. The number of pyridine rings is 1. The van der Waals surface area contributed by atoms with Crippen LogP contribution in [0.4, 0.5) is 11.5 Å². The molecule has 0 saturated carbocycles. The Labute approximate surface area is 102 Å². The van der Waals surface area contributed by atoms with Crippen LogP contribution in [0.25, 0.3) is 0 Å². The summed E-state index contributed by atoms with van der Waals surface area (Å²) >= 11 is 0. The molecule has 3 N–H and O–H groups in total. The zero-order valence-corrected chi connectivity index (χ0v) is 10.4. The van der Waals surface area contributed by atoms with Gasteiger partial charge in [-0.1, -0.05) is 6.92 Å². The number of hydrogen-bond acceptors (Lipinski definition) is 4. The molecule has 1 aromatic heterocycles. The zero-order chi connectivity index (χ0) is 12.5. The first kappa shape index (κ1) is 13.3. The Hall–Kier alpha value is -1.78. The number of amides is 1. The van der Waals surface area contributed by atoms with Crippen LogP contribution in [0.5, 0.6) is 0 Å². The maximum atomic E-state index is 11.3. The van der Waals surface area contributed by atoms with Crippen molar-refractivity contribution in [3.05, 3.63) is 18.3 Å². The van der Waals surface area contributed by atoms with Crippen molar-refractivity contribution in [2.75, 3.05) is 30.3 Å². The summed E-state index contributed by atoms with van der Waals surface area (Å²) in [5, 5.41) is 8.98. The van der Waals surface area contributed by atoms with Crippen molar-refractivity contribution in [2.24, 2.45) is 0 Å². The minimum atomic E-state index is -0.00706. The third-order valence-electron chi connectivity index (χ3n) is 2.14. The van der Waals surface area contributed by atoms with Crippen molar-refractivity contribution < 1.29 is 4.79 Å².